The number of piperidine rings is 1. The monoisotopic (exact) mass is 239 g/mol. The maximum atomic E-state index is 6.04. The molecule has 0 bridgehead atoms. The summed E-state index contributed by atoms with van der Waals surface area (Å²) in [5, 5.41) is 0. The largest absolute Gasteiger partial charge is 0.495 e. The van der Waals surface area contributed by atoms with Gasteiger partial charge in [0.15, 0.2) is 0 Å². The lowest BCUT2D eigenvalue weighted by atomic mass is 10.0. The van der Waals surface area contributed by atoms with Crippen molar-refractivity contribution in [2.24, 2.45) is 0 Å². The minimum Gasteiger partial charge on any atom is -0.495 e. The number of para-hydroxylation sites is 2. The molecule has 2 nitrogen and oxygen atoms in total. The van der Waals surface area contributed by atoms with E-state index in [2.05, 4.69) is 17.0 Å². The second-order valence-corrected chi connectivity index (χ2v) is 4.48. The lowest BCUT2D eigenvalue weighted by Gasteiger charge is -2.37. The molecule has 3 heteroatoms. The first-order chi connectivity index (χ1) is 7.86. The van der Waals surface area contributed by atoms with E-state index in [1.807, 2.05) is 12.1 Å². The average Bonchev–Trinajstić information content (AvgIpc) is 2.38. The highest BCUT2D eigenvalue weighted by atomic mass is 35.5. The van der Waals surface area contributed by atoms with Crippen LogP contribution >= 0.6 is 11.6 Å². The number of halogens is 1. The predicted molar refractivity (Wildman–Crippen MR) is 68.7 cm³/mol. The van der Waals surface area contributed by atoms with Crippen molar-refractivity contribution < 1.29 is 4.74 Å². The van der Waals surface area contributed by atoms with Crippen molar-refractivity contribution in [1.29, 1.82) is 0 Å². The summed E-state index contributed by atoms with van der Waals surface area (Å²) >= 11 is 6.04. The van der Waals surface area contributed by atoms with E-state index < -0.39 is 0 Å². The van der Waals surface area contributed by atoms with Crippen molar-refractivity contribution in [2.75, 3.05) is 24.4 Å². The molecule has 1 aliphatic heterocycles. The maximum Gasteiger partial charge on any atom is 0.142 e. The van der Waals surface area contributed by atoms with Crippen molar-refractivity contribution in [3.8, 4) is 5.75 Å². The van der Waals surface area contributed by atoms with E-state index in [4.69, 9.17) is 16.3 Å². The topological polar surface area (TPSA) is 12.5 Å². The summed E-state index contributed by atoms with van der Waals surface area (Å²) < 4.78 is 5.41. The zero-order valence-corrected chi connectivity index (χ0v) is 10.4. The molecule has 2 rings (SSSR count). The Bertz CT molecular complexity index is 342. The zero-order valence-electron chi connectivity index (χ0n) is 9.66. The van der Waals surface area contributed by atoms with E-state index in [1.54, 1.807) is 7.11 Å². The Morgan fingerprint density at radius 2 is 2.19 bits per heavy atom. The summed E-state index contributed by atoms with van der Waals surface area (Å²) in [6, 6.07) is 8.63. The van der Waals surface area contributed by atoms with Gasteiger partial charge in [0.1, 0.15) is 5.75 Å². The van der Waals surface area contributed by atoms with Crippen LogP contribution in [0.3, 0.4) is 0 Å². The fourth-order valence-corrected chi connectivity index (χ4v) is 2.67. The van der Waals surface area contributed by atoms with Gasteiger partial charge in [-0.1, -0.05) is 12.1 Å². The summed E-state index contributed by atoms with van der Waals surface area (Å²) in [6.07, 6.45) is 3.70. The van der Waals surface area contributed by atoms with Crippen LogP contribution in [0.1, 0.15) is 19.3 Å². The van der Waals surface area contributed by atoms with E-state index in [0.29, 0.717) is 11.9 Å². The normalized spacial score (nSPS) is 20.9. The van der Waals surface area contributed by atoms with Crippen molar-refractivity contribution in [3.05, 3.63) is 24.3 Å². The van der Waals surface area contributed by atoms with Gasteiger partial charge in [-0.3, -0.25) is 0 Å². The molecule has 0 saturated carbocycles. The number of anilines is 1. The third-order valence-corrected chi connectivity index (χ3v) is 3.56. The minimum atomic E-state index is 0.451. The second-order valence-electron chi connectivity index (χ2n) is 4.17. The number of benzene rings is 1. The van der Waals surface area contributed by atoms with E-state index in [-0.39, 0.29) is 0 Å². The fourth-order valence-electron chi connectivity index (χ4n) is 2.35. The van der Waals surface area contributed by atoms with Crippen LogP contribution in [-0.2, 0) is 0 Å². The lowest BCUT2D eigenvalue weighted by molar-refractivity contribution is 0.408. The van der Waals surface area contributed by atoms with Gasteiger partial charge in [-0.25, -0.2) is 0 Å². The van der Waals surface area contributed by atoms with E-state index >= 15 is 0 Å². The first-order valence-electron chi connectivity index (χ1n) is 5.82. The van der Waals surface area contributed by atoms with Gasteiger partial charge in [-0.15, -0.1) is 11.6 Å². The molecule has 16 heavy (non-hydrogen) atoms. The molecule has 88 valence electrons. The molecule has 0 amide bonds. The maximum absolute atomic E-state index is 6.04. The molecule has 1 aromatic carbocycles. The highest BCUT2D eigenvalue weighted by Gasteiger charge is 2.23. The Morgan fingerprint density at radius 1 is 1.38 bits per heavy atom. The molecule has 1 aliphatic rings. The molecule has 1 unspecified atom stereocenters. The van der Waals surface area contributed by atoms with Crippen LogP contribution in [0.4, 0.5) is 5.69 Å². The van der Waals surface area contributed by atoms with Gasteiger partial charge in [0.25, 0.3) is 0 Å². The standard InChI is InChI=1S/C13H18ClNO/c1-16-13-8-3-2-7-12(13)15-9-5-4-6-11(15)10-14/h2-3,7-8,11H,4-6,9-10H2,1H3. The number of ether oxygens (including phenoxy) is 1. The van der Waals surface area contributed by atoms with Crippen molar-refractivity contribution >= 4 is 17.3 Å². The Labute approximate surface area is 102 Å². The van der Waals surface area contributed by atoms with Crippen LogP contribution < -0.4 is 9.64 Å². The molecule has 1 fully saturated rings. The molecule has 0 N–H and O–H groups in total. The van der Waals surface area contributed by atoms with Crippen LogP contribution in [0.2, 0.25) is 0 Å². The Balaban J connectivity index is 2.26. The number of alkyl halides is 1. The van der Waals surface area contributed by atoms with E-state index in [1.165, 1.54) is 24.9 Å². The van der Waals surface area contributed by atoms with Gasteiger partial charge in [0.2, 0.25) is 0 Å². The summed E-state index contributed by atoms with van der Waals surface area (Å²) in [4.78, 5) is 2.38. The number of nitrogens with zero attached hydrogens (tertiary/aromatic N) is 1. The van der Waals surface area contributed by atoms with Crippen LogP contribution in [0.25, 0.3) is 0 Å². The highest BCUT2D eigenvalue weighted by molar-refractivity contribution is 6.18. The summed E-state index contributed by atoms with van der Waals surface area (Å²) in [7, 11) is 1.72. The second kappa shape index (κ2) is 5.44. The Hall–Kier alpha value is -0.890. The molecule has 1 heterocycles. The number of rotatable bonds is 3. The molecule has 0 aliphatic carbocycles. The Morgan fingerprint density at radius 3 is 2.94 bits per heavy atom. The van der Waals surface area contributed by atoms with E-state index in [9.17, 15) is 0 Å². The predicted octanol–water partition coefficient (Wildman–Crippen LogP) is 3.29. The minimum absolute atomic E-state index is 0.451. The SMILES string of the molecule is COc1ccccc1N1CCCCC1CCl. The van der Waals surface area contributed by atoms with Crippen LogP contribution in [0.5, 0.6) is 5.75 Å². The van der Waals surface area contributed by atoms with Gasteiger partial charge in [0.05, 0.1) is 12.8 Å². The van der Waals surface area contributed by atoms with Crippen LogP contribution in [-0.4, -0.2) is 25.6 Å². The van der Waals surface area contributed by atoms with Crippen LogP contribution in [0, 0.1) is 0 Å². The van der Waals surface area contributed by atoms with Gasteiger partial charge in [-0.2, -0.15) is 0 Å². The molecular formula is C13H18ClNO. The highest BCUT2D eigenvalue weighted by Crippen LogP contribution is 2.32. The first kappa shape index (κ1) is 11.6. The fraction of sp³-hybridized carbons (Fsp3) is 0.538. The first-order valence-corrected chi connectivity index (χ1v) is 6.36. The van der Waals surface area contributed by atoms with Crippen molar-refractivity contribution in [1.82, 2.24) is 0 Å². The molecule has 0 radical (unpaired) electrons. The van der Waals surface area contributed by atoms with Crippen molar-refractivity contribution in [2.45, 2.75) is 25.3 Å². The summed E-state index contributed by atoms with van der Waals surface area (Å²) in [6.45, 7) is 1.08. The molecule has 1 atom stereocenters. The molecule has 0 spiro atoms. The quantitative estimate of drug-likeness (QED) is 0.751. The third-order valence-electron chi connectivity index (χ3n) is 3.20. The van der Waals surface area contributed by atoms with Gasteiger partial charge < -0.3 is 9.64 Å². The third kappa shape index (κ3) is 2.27. The van der Waals surface area contributed by atoms with Gasteiger partial charge in [0, 0.05) is 18.5 Å². The number of hydrogen-bond acceptors (Lipinski definition) is 2. The lowest BCUT2D eigenvalue weighted by Crippen LogP contribution is -2.40. The zero-order chi connectivity index (χ0) is 11.4. The summed E-state index contributed by atoms with van der Waals surface area (Å²) in [5.41, 5.74) is 1.18. The van der Waals surface area contributed by atoms with Crippen molar-refractivity contribution in [3.63, 3.8) is 0 Å². The molecule has 1 saturated heterocycles. The number of methoxy groups -OCH3 is 1. The number of hydrogen-bond donors (Lipinski definition) is 0. The van der Waals surface area contributed by atoms with Gasteiger partial charge in [-0.05, 0) is 31.4 Å². The van der Waals surface area contributed by atoms with E-state index in [0.717, 1.165) is 12.3 Å². The summed E-state index contributed by atoms with van der Waals surface area (Å²) in [5.74, 6) is 1.64. The molecule has 0 aromatic heterocycles. The average molecular weight is 240 g/mol. The molecule has 1 aromatic rings. The Kier molecular flexibility index (Phi) is 3.94. The smallest absolute Gasteiger partial charge is 0.142 e. The van der Waals surface area contributed by atoms with Gasteiger partial charge >= 0.3 is 0 Å². The van der Waals surface area contributed by atoms with Crippen LogP contribution in [0.15, 0.2) is 24.3 Å². The molecular weight excluding hydrogens is 222 g/mol.